The standard InChI is InChI=1S/C30H29F5N6O.2ClH/c1-42-27-13-12-24(41-29(30(33,34)35)36-37-38-41)15-21(27)16-39-17-25-3-2-14-40(25)26(18-39)28(19-4-8-22(31)9-5-19)20-6-10-23(32)11-7-20;;/h4-13,15,25-26,28H,2-3,14,16-18H2,1H3;2*1H/t25-,26-;;/m0../s1. The topological polar surface area (TPSA) is 59.3 Å². The van der Waals surface area contributed by atoms with E-state index in [0.29, 0.717) is 29.1 Å². The first-order valence-corrected chi connectivity index (χ1v) is 13.7. The molecule has 6 rings (SSSR count). The molecule has 0 spiro atoms. The summed E-state index contributed by atoms with van der Waals surface area (Å²) in [5, 5.41) is 9.98. The number of halogens is 7. The lowest BCUT2D eigenvalue weighted by molar-refractivity contribution is -0.146. The van der Waals surface area contributed by atoms with Gasteiger partial charge in [-0.2, -0.15) is 17.9 Å². The Morgan fingerprint density at radius 2 is 1.55 bits per heavy atom. The van der Waals surface area contributed by atoms with Gasteiger partial charge in [-0.05, 0) is 83.4 Å². The van der Waals surface area contributed by atoms with Crippen LogP contribution in [0.5, 0.6) is 5.75 Å². The molecule has 7 nitrogen and oxygen atoms in total. The Bertz CT molecular complexity index is 1490. The Hall–Kier alpha value is -3.32. The van der Waals surface area contributed by atoms with Gasteiger partial charge >= 0.3 is 6.18 Å². The average molecular weight is 658 g/mol. The lowest BCUT2D eigenvalue weighted by atomic mass is 9.82. The van der Waals surface area contributed by atoms with Crippen molar-refractivity contribution in [3.05, 3.63) is 101 Å². The van der Waals surface area contributed by atoms with Crippen LogP contribution in [0.25, 0.3) is 5.69 Å². The van der Waals surface area contributed by atoms with Gasteiger partial charge in [-0.25, -0.2) is 8.78 Å². The molecule has 1 aromatic heterocycles. The Morgan fingerprint density at radius 1 is 0.909 bits per heavy atom. The molecule has 2 aliphatic heterocycles. The van der Waals surface area contributed by atoms with Gasteiger partial charge in [-0.1, -0.05) is 24.3 Å². The fourth-order valence-electron chi connectivity index (χ4n) is 6.43. The molecule has 4 aromatic rings. The summed E-state index contributed by atoms with van der Waals surface area (Å²) in [6.07, 6.45) is -2.68. The number of benzene rings is 3. The van der Waals surface area contributed by atoms with Crippen molar-refractivity contribution in [3.8, 4) is 11.4 Å². The Labute approximate surface area is 263 Å². The molecular formula is C30H31Cl2F5N6O. The molecule has 44 heavy (non-hydrogen) atoms. The van der Waals surface area contributed by atoms with Gasteiger partial charge in [0.25, 0.3) is 5.82 Å². The Morgan fingerprint density at radius 3 is 2.14 bits per heavy atom. The van der Waals surface area contributed by atoms with Crippen molar-refractivity contribution < 1.29 is 26.7 Å². The number of piperazine rings is 1. The monoisotopic (exact) mass is 656 g/mol. The molecule has 2 atom stereocenters. The summed E-state index contributed by atoms with van der Waals surface area (Å²) in [5.41, 5.74) is 2.73. The molecular weight excluding hydrogens is 626 g/mol. The van der Waals surface area contributed by atoms with Crippen LogP contribution in [0.2, 0.25) is 0 Å². The summed E-state index contributed by atoms with van der Waals surface area (Å²) in [6, 6.07) is 17.9. The van der Waals surface area contributed by atoms with E-state index in [-0.39, 0.29) is 60.1 Å². The van der Waals surface area contributed by atoms with E-state index in [4.69, 9.17) is 4.74 Å². The SMILES string of the molecule is COc1ccc(-n2nnnc2C(F)(F)F)cc1CN1C[C@@H]2CCCN2[C@H](C(c2ccc(F)cc2)c2ccc(F)cc2)C1.Cl.Cl. The first-order valence-electron chi connectivity index (χ1n) is 13.7. The molecule has 2 saturated heterocycles. The zero-order valence-electron chi connectivity index (χ0n) is 23.6. The molecule has 0 unspecified atom stereocenters. The number of rotatable bonds is 7. The number of nitrogens with zero attached hydrogens (tertiary/aromatic N) is 6. The minimum Gasteiger partial charge on any atom is -0.496 e. The zero-order chi connectivity index (χ0) is 29.4. The van der Waals surface area contributed by atoms with Crippen LogP contribution in [0.15, 0.2) is 66.7 Å². The molecule has 0 bridgehead atoms. The summed E-state index contributed by atoms with van der Waals surface area (Å²) in [5.74, 6) is -1.48. The minimum absolute atomic E-state index is 0. The van der Waals surface area contributed by atoms with Crippen LogP contribution in [0.3, 0.4) is 0 Å². The number of hydrogen-bond donors (Lipinski definition) is 0. The molecule has 0 amide bonds. The van der Waals surface area contributed by atoms with E-state index in [9.17, 15) is 22.0 Å². The average Bonchev–Trinajstić information content (AvgIpc) is 3.66. The van der Waals surface area contributed by atoms with Crippen LogP contribution < -0.4 is 4.74 Å². The molecule has 3 heterocycles. The molecule has 14 heteroatoms. The second-order valence-electron chi connectivity index (χ2n) is 10.8. The number of ether oxygens (including phenoxy) is 1. The molecule has 236 valence electrons. The summed E-state index contributed by atoms with van der Waals surface area (Å²) in [6.45, 7) is 2.73. The second kappa shape index (κ2) is 13.8. The number of alkyl halides is 3. The maximum absolute atomic E-state index is 13.9. The summed E-state index contributed by atoms with van der Waals surface area (Å²) >= 11 is 0. The van der Waals surface area contributed by atoms with Crippen LogP contribution in [0, 0.1) is 11.6 Å². The van der Waals surface area contributed by atoms with Crippen molar-refractivity contribution >= 4 is 24.8 Å². The quantitative estimate of drug-likeness (QED) is 0.218. The van der Waals surface area contributed by atoms with Crippen LogP contribution >= 0.6 is 24.8 Å². The Balaban J connectivity index is 0.00000221. The Kier molecular flexibility index (Phi) is 10.5. The number of methoxy groups -OCH3 is 1. The molecule has 0 saturated carbocycles. The van der Waals surface area contributed by atoms with E-state index in [1.54, 1.807) is 36.4 Å². The third-order valence-corrected chi connectivity index (χ3v) is 8.23. The highest BCUT2D eigenvalue weighted by Crippen LogP contribution is 2.39. The summed E-state index contributed by atoms with van der Waals surface area (Å²) < 4.78 is 74.6. The third-order valence-electron chi connectivity index (χ3n) is 8.23. The van der Waals surface area contributed by atoms with Crippen LogP contribution in [-0.2, 0) is 12.7 Å². The molecule has 0 aliphatic carbocycles. The first-order chi connectivity index (χ1) is 20.2. The van der Waals surface area contributed by atoms with Crippen LogP contribution in [-0.4, -0.2) is 68.8 Å². The predicted octanol–water partition coefficient (Wildman–Crippen LogP) is 6.29. The van der Waals surface area contributed by atoms with Gasteiger partial charge in [-0.15, -0.1) is 29.9 Å². The van der Waals surface area contributed by atoms with Crippen molar-refractivity contribution in [2.45, 2.75) is 43.6 Å². The predicted molar refractivity (Wildman–Crippen MR) is 159 cm³/mol. The summed E-state index contributed by atoms with van der Waals surface area (Å²) in [7, 11) is 1.52. The first kappa shape index (κ1) is 33.6. The van der Waals surface area contributed by atoms with Gasteiger partial charge < -0.3 is 4.74 Å². The number of hydrogen-bond acceptors (Lipinski definition) is 6. The lowest BCUT2D eigenvalue weighted by Crippen LogP contribution is -2.57. The highest BCUT2D eigenvalue weighted by molar-refractivity contribution is 5.85. The van der Waals surface area contributed by atoms with Gasteiger partial charge in [0.05, 0.1) is 12.8 Å². The van der Waals surface area contributed by atoms with Crippen molar-refractivity contribution in [2.24, 2.45) is 0 Å². The highest BCUT2D eigenvalue weighted by Gasteiger charge is 2.42. The van der Waals surface area contributed by atoms with E-state index in [0.717, 1.165) is 37.1 Å². The number of tetrazole rings is 1. The van der Waals surface area contributed by atoms with Gasteiger partial charge in [0.15, 0.2) is 0 Å². The van der Waals surface area contributed by atoms with E-state index in [2.05, 4.69) is 25.3 Å². The van der Waals surface area contributed by atoms with Crippen LogP contribution in [0.1, 0.15) is 41.3 Å². The molecule has 0 radical (unpaired) electrons. The van der Waals surface area contributed by atoms with Crippen molar-refractivity contribution in [3.63, 3.8) is 0 Å². The van der Waals surface area contributed by atoms with Gasteiger partial charge in [-0.3, -0.25) is 9.80 Å². The molecule has 0 N–H and O–H groups in total. The number of aromatic nitrogens is 4. The highest BCUT2D eigenvalue weighted by atomic mass is 35.5. The normalized spacial score (nSPS) is 18.9. The second-order valence-corrected chi connectivity index (χ2v) is 10.8. The van der Waals surface area contributed by atoms with Gasteiger partial charge in [0.1, 0.15) is 17.4 Å². The van der Waals surface area contributed by atoms with Crippen LogP contribution in [0.4, 0.5) is 22.0 Å². The van der Waals surface area contributed by atoms with Crippen molar-refractivity contribution in [1.29, 1.82) is 0 Å². The van der Waals surface area contributed by atoms with E-state index >= 15 is 0 Å². The van der Waals surface area contributed by atoms with Gasteiger partial charge in [0, 0.05) is 43.2 Å². The smallest absolute Gasteiger partial charge is 0.453 e. The van der Waals surface area contributed by atoms with Crippen molar-refractivity contribution in [1.82, 2.24) is 30.0 Å². The maximum Gasteiger partial charge on any atom is 0.453 e. The third kappa shape index (κ3) is 6.83. The summed E-state index contributed by atoms with van der Waals surface area (Å²) in [4.78, 5) is 4.78. The lowest BCUT2D eigenvalue weighted by Gasteiger charge is -2.47. The van der Waals surface area contributed by atoms with Gasteiger partial charge in [0.2, 0.25) is 0 Å². The minimum atomic E-state index is -4.72. The van der Waals surface area contributed by atoms with E-state index in [1.807, 2.05) is 0 Å². The molecule has 3 aromatic carbocycles. The van der Waals surface area contributed by atoms with E-state index in [1.165, 1.54) is 37.4 Å². The van der Waals surface area contributed by atoms with Crippen molar-refractivity contribution in [2.75, 3.05) is 26.7 Å². The van der Waals surface area contributed by atoms with E-state index < -0.39 is 12.0 Å². The number of fused-ring (bicyclic) bond motifs is 1. The largest absolute Gasteiger partial charge is 0.496 e. The maximum atomic E-state index is 13.9. The zero-order valence-corrected chi connectivity index (χ0v) is 25.3. The fraction of sp³-hybridized carbons (Fsp3) is 0.367. The molecule has 2 fully saturated rings. The fourth-order valence-corrected chi connectivity index (χ4v) is 6.43. The molecule has 2 aliphatic rings.